The van der Waals surface area contributed by atoms with Crippen molar-refractivity contribution in [1.29, 1.82) is 5.26 Å². The van der Waals surface area contributed by atoms with E-state index in [1.165, 1.54) is 22.9 Å². The molecule has 2 rings (SSSR count). The molecule has 0 aliphatic heterocycles. The average molecular weight is 245 g/mol. The summed E-state index contributed by atoms with van der Waals surface area (Å²) in [6, 6.07) is 6.29. The summed E-state index contributed by atoms with van der Waals surface area (Å²) in [5.74, 6) is 0.558. The highest BCUT2D eigenvalue weighted by Crippen LogP contribution is 2.28. The second-order valence-electron chi connectivity index (χ2n) is 4.01. The lowest BCUT2D eigenvalue weighted by Crippen LogP contribution is -1.97. The Kier molecular flexibility index (Phi) is 3.02. The van der Waals surface area contributed by atoms with E-state index in [4.69, 9.17) is 10.00 Å². The third kappa shape index (κ3) is 2.05. The monoisotopic (exact) mass is 245 g/mol. The van der Waals surface area contributed by atoms with Crippen molar-refractivity contribution < 1.29 is 9.13 Å². The maximum Gasteiger partial charge on any atom is 0.235 e. The molecule has 0 unspecified atom stereocenters. The number of nitrogens with zero attached hydrogens (tertiary/aromatic N) is 3. The molecule has 1 heterocycles. The number of rotatable bonds is 2. The summed E-state index contributed by atoms with van der Waals surface area (Å²) in [7, 11) is 1.70. The molecule has 2 aromatic rings. The topological polar surface area (TPSA) is 50.8 Å². The lowest BCUT2D eigenvalue weighted by molar-refractivity contribution is 0.425. The fourth-order valence-corrected chi connectivity index (χ4v) is 1.71. The molecule has 0 atom stereocenters. The van der Waals surface area contributed by atoms with Gasteiger partial charge in [-0.2, -0.15) is 10.4 Å². The molecule has 0 fully saturated rings. The Morgan fingerprint density at radius 3 is 2.72 bits per heavy atom. The van der Waals surface area contributed by atoms with Gasteiger partial charge in [-0.15, -0.1) is 0 Å². The molecule has 0 saturated carbocycles. The summed E-state index contributed by atoms with van der Waals surface area (Å²) >= 11 is 0. The van der Waals surface area contributed by atoms with Gasteiger partial charge in [0, 0.05) is 7.05 Å². The third-order valence-corrected chi connectivity index (χ3v) is 2.62. The fourth-order valence-electron chi connectivity index (χ4n) is 1.71. The lowest BCUT2D eigenvalue weighted by Gasteiger charge is -2.08. The average Bonchev–Trinajstić information content (AvgIpc) is 2.57. The van der Waals surface area contributed by atoms with Gasteiger partial charge < -0.3 is 4.74 Å². The van der Waals surface area contributed by atoms with Crippen LogP contribution in [0.4, 0.5) is 4.39 Å². The Morgan fingerprint density at radius 2 is 2.11 bits per heavy atom. The molecule has 4 nitrogen and oxygen atoms in total. The molecule has 0 N–H and O–H groups in total. The van der Waals surface area contributed by atoms with E-state index in [1.54, 1.807) is 20.9 Å². The number of halogens is 1. The van der Waals surface area contributed by atoms with Gasteiger partial charge in [-0.25, -0.2) is 9.07 Å². The largest absolute Gasteiger partial charge is 0.438 e. The van der Waals surface area contributed by atoms with Gasteiger partial charge >= 0.3 is 0 Å². The van der Waals surface area contributed by atoms with E-state index < -0.39 is 0 Å². The van der Waals surface area contributed by atoms with Crippen LogP contribution in [0.2, 0.25) is 0 Å². The second-order valence-corrected chi connectivity index (χ2v) is 4.01. The van der Waals surface area contributed by atoms with E-state index in [9.17, 15) is 4.39 Å². The van der Waals surface area contributed by atoms with Crippen LogP contribution in [0.15, 0.2) is 18.2 Å². The van der Waals surface area contributed by atoms with Gasteiger partial charge in [-0.05, 0) is 37.6 Å². The summed E-state index contributed by atoms with van der Waals surface area (Å²) < 4.78 is 20.1. The Labute approximate surface area is 104 Å². The first-order chi connectivity index (χ1) is 8.52. The van der Waals surface area contributed by atoms with Gasteiger partial charge in [0.15, 0.2) is 0 Å². The van der Waals surface area contributed by atoms with E-state index in [0.29, 0.717) is 28.5 Å². The summed E-state index contributed by atoms with van der Waals surface area (Å²) in [4.78, 5) is 0. The van der Waals surface area contributed by atoms with Crippen LogP contribution in [0.3, 0.4) is 0 Å². The van der Waals surface area contributed by atoms with Crippen LogP contribution < -0.4 is 4.74 Å². The van der Waals surface area contributed by atoms with Crippen LogP contribution in [0, 0.1) is 31.0 Å². The Bertz CT molecular complexity index is 640. The van der Waals surface area contributed by atoms with Crippen molar-refractivity contribution in [2.45, 2.75) is 13.8 Å². The molecule has 0 spiro atoms. The van der Waals surface area contributed by atoms with Crippen molar-refractivity contribution in [2.24, 2.45) is 7.05 Å². The number of hydrogen-bond donors (Lipinski definition) is 0. The molecule has 0 saturated heterocycles. The summed E-state index contributed by atoms with van der Waals surface area (Å²) in [6.45, 7) is 3.48. The number of benzene rings is 1. The number of aryl methyl sites for hydroxylation is 3. The molecule has 0 radical (unpaired) electrons. The molecule has 5 heteroatoms. The van der Waals surface area contributed by atoms with Crippen LogP contribution in [-0.2, 0) is 7.05 Å². The molecule has 0 amide bonds. The Hall–Kier alpha value is -2.35. The van der Waals surface area contributed by atoms with Crippen LogP contribution in [0.25, 0.3) is 0 Å². The molecule has 0 aliphatic carbocycles. The minimum Gasteiger partial charge on any atom is -0.438 e. The maximum absolute atomic E-state index is 13.0. The van der Waals surface area contributed by atoms with Crippen molar-refractivity contribution >= 4 is 0 Å². The van der Waals surface area contributed by atoms with Crippen LogP contribution in [0.5, 0.6) is 11.6 Å². The van der Waals surface area contributed by atoms with Crippen LogP contribution >= 0.6 is 0 Å². The van der Waals surface area contributed by atoms with E-state index in [-0.39, 0.29) is 5.82 Å². The first-order valence-electron chi connectivity index (χ1n) is 5.40. The van der Waals surface area contributed by atoms with Gasteiger partial charge in [0.1, 0.15) is 23.2 Å². The number of hydrogen-bond acceptors (Lipinski definition) is 3. The number of ether oxygens (including phenoxy) is 1. The van der Waals surface area contributed by atoms with Crippen molar-refractivity contribution in [3.8, 4) is 17.7 Å². The van der Waals surface area contributed by atoms with Crippen molar-refractivity contribution in [2.75, 3.05) is 0 Å². The summed E-state index contributed by atoms with van der Waals surface area (Å²) in [6.07, 6.45) is 0. The third-order valence-electron chi connectivity index (χ3n) is 2.62. The van der Waals surface area contributed by atoms with Crippen LogP contribution in [-0.4, -0.2) is 9.78 Å². The summed E-state index contributed by atoms with van der Waals surface area (Å²) in [5, 5.41) is 13.2. The van der Waals surface area contributed by atoms with Gasteiger partial charge in [-0.3, -0.25) is 0 Å². The number of nitriles is 1. The van der Waals surface area contributed by atoms with E-state index in [2.05, 4.69) is 11.2 Å². The lowest BCUT2D eigenvalue weighted by atomic mass is 10.2. The molecule has 18 heavy (non-hydrogen) atoms. The van der Waals surface area contributed by atoms with E-state index >= 15 is 0 Å². The van der Waals surface area contributed by atoms with Crippen LogP contribution in [0.1, 0.15) is 16.8 Å². The highest BCUT2D eigenvalue weighted by Gasteiger charge is 2.15. The number of aromatic nitrogens is 2. The molecule has 0 aliphatic rings. The van der Waals surface area contributed by atoms with Gasteiger partial charge in [0.05, 0.1) is 5.69 Å². The summed E-state index contributed by atoms with van der Waals surface area (Å²) in [5.41, 5.74) is 1.66. The highest BCUT2D eigenvalue weighted by atomic mass is 19.1. The molecule has 0 bridgehead atoms. The van der Waals surface area contributed by atoms with E-state index in [1.807, 2.05) is 0 Å². The quantitative estimate of drug-likeness (QED) is 0.817. The molecule has 1 aromatic heterocycles. The smallest absolute Gasteiger partial charge is 0.235 e. The maximum atomic E-state index is 13.0. The molecule has 92 valence electrons. The van der Waals surface area contributed by atoms with Crippen molar-refractivity contribution in [3.63, 3.8) is 0 Å². The first kappa shape index (κ1) is 12.1. The predicted molar refractivity (Wildman–Crippen MR) is 63.9 cm³/mol. The normalized spacial score (nSPS) is 10.2. The molecular formula is C13H12FN3O. The second kappa shape index (κ2) is 4.49. The zero-order chi connectivity index (χ0) is 13.3. The molecular weight excluding hydrogens is 233 g/mol. The van der Waals surface area contributed by atoms with Gasteiger partial charge in [0.2, 0.25) is 5.88 Å². The first-order valence-corrected chi connectivity index (χ1v) is 5.40. The minimum absolute atomic E-state index is 0.318. The van der Waals surface area contributed by atoms with Gasteiger partial charge in [0.25, 0.3) is 0 Å². The predicted octanol–water partition coefficient (Wildman–Crippen LogP) is 2.84. The Balaban J connectivity index is 2.43. The standard InChI is InChI=1S/C13H12FN3O/c1-8-6-10(14)4-5-12(8)18-13-11(7-15)9(2)16-17(13)3/h4-6H,1-3H3. The Morgan fingerprint density at radius 1 is 1.39 bits per heavy atom. The minimum atomic E-state index is -0.318. The zero-order valence-electron chi connectivity index (χ0n) is 10.4. The SMILES string of the molecule is Cc1cc(F)ccc1Oc1c(C#N)c(C)nn1C. The zero-order valence-corrected chi connectivity index (χ0v) is 10.4. The molecule has 1 aromatic carbocycles. The van der Waals surface area contributed by atoms with Gasteiger partial charge in [-0.1, -0.05) is 0 Å². The highest BCUT2D eigenvalue weighted by molar-refractivity contribution is 5.45. The fraction of sp³-hybridized carbons (Fsp3) is 0.231. The van der Waals surface area contributed by atoms with Crippen molar-refractivity contribution in [3.05, 3.63) is 40.8 Å². The van der Waals surface area contributed by atoms with E-state index in [0.717, 1.165) is 0 Å². The van der Waals surface area contributed by atoms with Crippen molar-refractivity contribution in [1.82, 2.24) is 9.78 Å².